The molecule has 4 nitrogen and oxygen atoms in total. The van der Waals surface area contributed by atoms with Crippen LogP contribution in [0.15, 0.2) is 159 Å². The number of fused-ring (bicyclic) bond motifs is 6. The molecule has 4 aromatic heterocycles. The van der Waals surface area contributed by atoms with E-state index in [-0.39, 0.29) is 0 Å². The summed E-state index contributed by atoms with van der Waals surface area (Å²) in [5.41, 5.74) is 13.5. The second-order valence-corrected chi connectivity index (χ2v) is 14.6. The Balaban J connectivity index is 1.44. The van der Waals surface area contributed by atoms with Crippen molar-refractivity contribution >= 4 is 27.9 Å². The van der Waals surface area contributed by atoms with Gasteiger partial charge in [0.1, 0.15) is 18.2 Å². The second-order valence-electron chi connectivity index (χ2n) is 14.6. The van der Waals surface area contributed by atoms with E-state index in [9.17, 15) is 0 Å². The predicted octanol–water partition coefficient (Wildman–Crippen LogP) is 9.41. The topological polar surface area (TPSA) is 16.6 Å². The summed E-state index contributed by atoms with van der Waals surface area (Å²) < 4.78 is 9.73. The fourth-order valence-corrected chi connectivity index (χ4v) is 8.71. The summed E-state index contributed by atoms with van der Waals surface area (Å²) in [6.45, 7) is 12.1. The maximum atomic E-state index is 4.40. The van der Waals surface area contributed by atoms with Crippen LogP contribution in [0.3, 0.4) is 0 Å². The van der Waals surface area contributed by atoms with Crippen LogP contribution in [0.25, 0.3) is 61.7 Å². The van der Waals surface area contributed by atoms with E-state index >= 15 is 0 Å². The zero-order valence-electron chi connectivity index (χ0n) is 30.3. The lowest BCUT2D eigenvalue weighted by Crippen LogP contribution is -2.73. The van der Waals surface area contributed by atoms with Gasteiger partial charge in [-0.15, -0.1) is 9.13 Å². The number of pyridine rings is 3. The molecule has 1 aliphatic rings. The van der Waals surface area contributed by atoms with Crippen LogP contribution in [0, 0.1) is 12.8 Å². The molecule has 252 valence electrons. The molecule has 0 saturated heterocycles. The molecule has 52 heavy (non-hydrogen) atoms. The van der Waals surface area contributed by atoms with Gasteiger partial charge in [-0.3, -0.25) is 0 Å². The Kier molecular flexibility index (Phi) is 7.51. The number of aryl methyl sites for hydroxylation is 2. The third kappa shape index (κ3) is 4.64. The SMILES string of the molecule is C=Cc1cc2c(cc1-c1cc(C)cc[n+]1C1(c3ccccc3-c3cccc[n+]3C)c3ccccc3-c3cccc[n+]31)c1ccccc1n2CC(C)C. The van der Waals surface area contributed by atoms with Crippen molar-refractivity contribution in [3.63, 3.8) is 0 Å². The quantitative estimate of drug-likeness (QED) is 0.150. The molecule has 1 aliphatic heterocycles. The molecule has 1 unspecified atom stereocenters. The Morgan fingerprint density at radius 2 is 1.25 bits per heavy atom. The molecule has 9 rings (SSSR count). The van der Waals surface area contributed by atoms with Crippen molar-refractivity contribution in [3.05, 3.63) is 181 Å². The molecule has 1 atom stereocenters. The van der Waals surface area contributed by atoms with Crippen LogP contribution in [0.5, 0.6) is 0 Å². The number of hydrogen-bond acceptors (Lipinski definition) is 0. The first-order valence-electron chi connectivity index (χ1n) is 18.3. The molecule has 4 heteroatoms. The summed E-state index contributed by atoms with van der Waals surface area (Å²) in [6.07, 6.45) is 8.73. The van der Waals surface area contributed by atoms with Crippen LogP contribution in [0.4, 0.5) is 0 Å². The van der Waals surface area contributed by atoms with Crippen LogP contribution >= 0.6 is 0 Å². The number of para-hydroxylation sites is 1. The lowest BCUT2D eigenvalue weighted by atomic mass is 9.84. The highest BCUT2D eigenvalue weighted by molar-refractivity contribution is 6.10. The maximum Gasteiger partial charge on any atom is 0.417 e. The first-order valence-corrected chi connectivity index (χ1v) is 18.3. The Morgan fingerprint density at radius 3 is 1.98 bits per heavy atom. The van der Waals surface area contributed by atoms with E-state index in [0.717, 1.165) is 29.1 Å². The summed E-state index contributed by atoms with van der Waals surface area (Å²) in [4.78, 5) is 0. The van der Waals surface area contributed by atoms with Gasteiger partial charge < -0.3 is 4.57 Å². The molecule has 0 aliphatic carbocycles. The fraction of sp³-hybridized carbons (Fsp3) is 0.146. The summed E-state index contributed by atoms with van der Waals surface area (Å²) >= 11 is 0. The molecule has 4 aromatic carbocycles. The predicted molar refractivity (Wildman–Crippen MR) is 211 cm³/mol. The molecule has 0 fully saturated rings. The van der Waals surface area contributed by atoms with E-state index in [1.807, 2.05) is 6.08 Å². The average molecular weight is 676 g/mol. The summed E-state index contributed by atoms with van der Waals surface area (Å²) in [7, 11) is 2.13. The van der Waals surface area contributed by atoms with Gasteiger partial charge in [-0.2, -0.15) is 0 Å². The van der Waals surface area contributed by atoms with Crippen LogP contribution in [0.2, 0.25) is 0 Å². The number of hydrogen-bond donors (Lipinski definition) is 0. The van der Waals surface area contributed by atoms with Crippen molar-refractivity contribution in [2.24, 2.45) is 13.0 Å². The second kappa shape index (κ2) is 12.3. The Bertz CT molecular complexity index is 2650. The van der Waals surface area contributed by atoms with Gasteiger partial charge in [0.15, 0.2) is 18.6 Å². The number of aromatic nitrogens is 4. The molecule has 5 heterocycles. The van der Waals surface area contributed by atoms with Gasteiger partial charge in [-0.05, 0) is 78.6 Å². The first-order chi connectivity index (χ1) is 25.4. The van der Waals surface area contributed by atoms with E-state index in [1.165, 1.54) is 55.3 Å². The van der Waals surface area contributed by atoms with E-state index in [1.54, 1.807) is 0 Å². The number of rotatable bonds is 7. The van der Waals surface area contributed by atoms with Crippen molar-refractivity contribution < 1.29 is 13.7 Å². The summed E-state index contributed by atoms with van der Waals surface area (Å²) in [5.74, 6) is 0.510. The van der Waals surface area contributed by atoms with Crippen molar-refractivity contribution in [1.29, 1.82) is 0 Å². The molecule has 0 saturated carbocycles. The minimum absolute atomic E-state index is 0.510. The largest absolute Gasteiger partial charge is 0.417 e. The Morgan fingerprint density at radius 1 is 0.615 bits per heavy atom. The monoisotopic (exact) mass is 675 g/mol. The van der Waals surface area contributed by atoms with Crippen LogP contribution < -0.4 is 13.7 Å². The standard InChI is InChI=1S/C48H43N4/c1-6-35-30-46-40(36-17-9-12-23-44(36)50(46)32-33(2)3)31-39(35)47-29-34(4)25-28-52(47)48(41-20-10-7-18-37(41)43-22-13-15-26-49(43)5)42-21-11-8-19-38(42)45-24-14-16-27-51(45)48/h6-31,33H,1,32H2,2-5H3/q+3. The van der Waals surface area contributed by atoms with Crippen molar-refractivity contribution in [3.8, 4) is 33.8 Å². The third-order valence-corrected chi connectivity index (χ3v) is 10.9. The summed E-state index contributed by atoms with van der Waals surface area (Å²) in [6, 6.07) is 49.1. The highest BCUT2D eigenvalue weighted by atomic mass is 15.3. The number of nitrogens with zero attached hydrogens (tertiary/aromatic N) is 4. The Labute approximate surface area is 305 Å². The third-order valence-electron chi connectivity index (χ3n) is 10.9. The van der Waals surface area contributed by atoms with Crippen LogP contribution in [0.1, 0.15) is 36.1 Å². The van der Waals surface area contributed by atoms with Gasteiger partial charge in [0.25, 0.3) is 0 Å². The zero-order valence-corrected chi connectivity index (χ0v) is 30.3. The zero-order chi connectivity index (χ0) is 35.6. The maximum absolute atomic E-state index is 4.40. The molecule has 0 bridgehead atoms. The van der Waals surface area contributed by atoms with E-state index in [0.29, 0.717) is 5.92 Å². The lowest BCUT2D eigenvalue weighted by molar-refractivity contribution is -0.958. The molecule has 0 amide bonds. The van der Waals surface area contributed by atoms with Crippen molar-refractivity contribution in [1.82, 2.24) is 4.57 Å². The van der Waals surface area contributed by atoms with E-state index < -0.39 is 5.66 Å². The molecular weight excluding hydrogens is 633 g/mol. The van der Waals surface area contributed by atoms with Crippen molar-refractivity contribution in [2.75, 3.05) is 0 Å². The van der Waals surface area contributed by atoms with Gasteiger partial charge in [-0.1, -0.05) is 69.0 Å². The highest BCUT2D eigenvalue weighted by Crippen LogP contribution is 2.44. The lowest BCUT2D eigenvalue weighted by Gasteiger charge is -2.25. The number of benzene rings is 4. The Hall–Kier alpha value is -6.13. The normalized spacial score (nSPS) is 14.9. The fourth-order valence-electron chi connectivity index (χ4n) is 8.71. The highest BCUT2D eigenvalue weighted by Gasteiger charge is 2.63. The van der Waals surface area contributed by atoms with Gasteiger partial charge in [0.2, 0.25) is 17.1 Å². The van der Waals surface area contributed by atoms with Gasteiger partial charge in [0, 0.05) is 64.7 Å². The van der Waals surface area contributed by atoms with Crippen molar-refractivity contribution in [2.45, 2.75) is 33.0 Å². The minimum atomic E-state index is -0.769. The van der Waals surface area contributed by atoms with Crippen LogP contribution in [-0.2, 0) is 19.3 Å². The van der Waals surface area contributed by atoms with Gasteiger partial charge in [-0.25, -0.2) is 4.57 Å². The smallest absolute Gasteiger partial charge is 0.340 e. The average Bonchev–Trinajstić information content (AvgIpc) is 3.64. The molecule has 0 N–H and O–H groups in total. The van der Waals surface area contributed by atoms with E-state index in [4.69, 9.17) is 0 Å². The first kappa shape index (κ1) is 31.8. The van der Waals surface area contributed by atoms with E-state index in [2.05, 4.69) is 205 Å². The van der Waals surface area contributed by atoms with Gasteiger partial charge in [0.05, 0.1) is 16.7 Å². The van der Waals surface area contributed by atoms with Gasteiger partial charge >= 0.3 is 5.66 Å². The minimum Gasteiger partial charge on any atom is -0.340 e. The molecular formula is C48H43N4+3. The molecule has 8 aromatic rings. The molecule has 0 spiro atoms. The summed E-state index contributed by atoms with van der Waals surface area (Å²) in [5, 5.41) is 2.53. The van der Waals surface area contributed by atoms with Crippen LogP contribution in [-0.4, -0.2) is 4.57 Å². The molecule has 0 radical (unpaired) electrons.